The predicted octanol–water partition coefficient (Wildman–Crippen LogP) is 5.03. The van der Waals surface area contributed by atoms with E-state index >= 15 is 0 Å². The van der Waals surface area contributed by atoms with E-state index in [2.05, 4.69) is 41.9 Å². The van der Waals surface area contributed by atoms with Gasteiger partial charge in [0.15, 0.2) is 0 Å². The molecule has 0 spiro atoms. The first-order chi connectivity index (χ1) is 9.42. The Bertz CT molecular complexity index is 502. The van der Waals surface area contributed by atoms with E-state index in [0.29, 0.717) is 6.42 Å². The van der Waals surface area contributed by atoms with E-state index in [4.69, 9.17) is 5.11 Å². The van der Waals surface area contributed by atoms with Crippen LogP contribution in [0.3, 0.4) is 0 Å². The first kappa shape index (κ1) is 15.6. The molecular weight excluding hydrogens is 316 g/mol. The fourth-order valence-corrected chi connectivity index (χ4v) is 3.93. The summed E-state index contributed by atoms with van der Waals surface area (Å²) < 4.78 is 1.15. The van der Waals surface area contributed by atoms with Gasteiger partial charge in [-0.25, -0.2) is 0 Å². The highest BCUT2D eigenvalue weighted by Crippen LogP contribution is 2.45. The molecule has 1 N–H and O–H groups in total. The van der Waals surface area contributed by atoms with Crippen LogP contribution in [-0.2, 0) is 11.2 Å². The molecule has 1 saturated carbocycles. The molecule has 1 aromatic rings. The molecule has 20 heavy (non-hydrogen) atoms. The number of halogens is 1. The number of rotatable bonds is 5. The second-order valence-corrected chi connectivity index (χ2v) is 7.16. The number of carboxylic acids is 1. The van der Waals surface area contributed by atoms with Gasteiger partial charge in [-0.1, -0.05) is 34.8 Å². The van der Waals surface area contributed by atoms with Crippen LogP contribution in [0.15, 0.2) is 16.6 Å². The lowest BCUT2D eigenvalue weighted by Crippen LogP contribution is -2.22. The lowest BCUT2D eigenvalue weighted by Gasteiger charge is -2.27. The van der Waals surface area contributed by atoms with Crippen molar-refractivity contribution in [2.24, 2.45) is 5.41 Å². The molecule has 0 radical (unpaired) electrons. The molecule has 0 aliphatic heterocycles. The number of carbonyl (C=O) groups is 1. The lowest BCUT2D eigenvalue weighted by atomic mass is 9.77. The average Bonchev–Trinajstić information content (AvgIpc) is 2.80. The molecule has 0 heterocycles. The quantitative estimate of drug-likeness (QED) is 0.816. The summed E-state index contributed by atoms with van der Waals surface area (Å²) in [4.78, 5) is 11.1. The molecule has 2 rings (SSSR count). The molecule has 1 aromatic carbocycles. The van der Waals surface area contributed by atoms with E-state index in [1.165, 1.54) is 29.5 Å². The molecule has 1 fully saturated rings. The van der Waals surface area contributed by atoms with Crippen molar-refractivity contribution < 1.29 is 9.90 Å². The van der Waals surface area contributed by atoms with Crippen molar-refractivity contribution in [1.82, 2.24) is 0 Å². The Balaban J connectivity index is 2.10. The van der Waals surface area contributed by atoms with E-state index in [1.54, 1.807) is 0 Å². The summed E-state index contributed by atoms with van der Waals surface area (Å²) in [6.07, 6.45) is 6.86. The summed E-state index contributed by atoms with van der Waals surface area (Å²) in [5.41, 5.74) is 3.96. The standard InChI is InChI=1S/C17H23BrO2/c1-12-10-15(18)13(2)9-14(12)5-8-17(11-16(19)20)6-3-4-7-17/h9-10H,3-8,11H2,1-2H3,(H,19,20). The van der Waals surface area contributed by atoms with Gasteiger partial charge in [0.25, 0.3) is 0 Å². The molecular formula is C17H23BrO2. The monoisotopic (exact) mass is 338 g/mol. The Labute approximate surface area is 129 Å². The number of benzene rings is 1. The van der Waals surface area contributed by atoms with E-state index in [-0.39, 0.29) is 5.41 Å². The smallest absolute Gasteiger partial charge is 0.303 e. The topological polar surface area (TPSA) is 37.3 Å². The fourth-order valence-electron chi connectivity index (χ4n) is 3.47. The van der Waals surface area contributed by atoms with Crippen LogP contribution in [-0.4, -0.2) is 11.1 Å². The number of hydrogen-bond donors (Lipinski definition) is 1. The van der Waals surface area contributed by atoms with Crippen molar-refractivity contribution in [3.05, 3.63) is 33.3 Å². The average molecular weight is 339 g/mol. The highest BCUT2D eigenvalue weighted by Gasteiger charge is 2.35. The third-order valence-electron chi connectivity index (χ3n) is 4.73. The number of carboxylic acid groups (broad SMARTS) is 1. The van der Waals surface area contributed by atoms with Gasteiger partial charge in [-0.05, 0) is 67.7 Å². The zero-order valence-electron chi connectivity index (χ0n) is 12.3. The van der Waals surface area contributed by atoms with Gasteiger partial charge in [0.1, 0.15) is 0 Å². The first-order valence-electron chi connectivity index (χ1n) is 7.39. The second kappa shape index (κ2) is 6.30. The minimum atomic E-state index is -0.643. The van der Waals surface area contributed by atoms with E-state index < -0.39 is 5.97 Å². The molecule has 2 nitrogen and oxygen atoms in total. The van der Waals surface area contributed by atoms with E-state index in [1.807, 2.05) is 0 Å². The Morgan fingerprint density at radius 3 is 2.50 bits per heavy atom. The van der Waals surface area contributed by atoms with Crippen LogP contribution in [0.25, 0.3) is 0 Å². The summed E-state index contributed by atoms with van der Waals surface area (Å²) in [5.74, 6) is -0.643. The highest BCUT2D eigenvalue weighted by atomic mass is 79.9. The Hall–Kier alpha value is -0.830. The largest absolute Gasteiger partial charge is 0.481 e. The Kier molecular flexibility index (Phi) is 4.90. The van der Waals surface area contributed by atoms with Crippen molar-refractivity contribution in [2.75, 3.05) is 0 Å². The molecule has 0 unspecified atom stereocenters. The summed E-state index contributed by atoms with van der Waals surface area (Å²) in [5, 5.41) is 9.17. The van der Waals surface area contributed by atoms with Crippen LogP contribution < -0.4 is 0 Å². The molecule has 0 amide bonds. The van der Waals surface area contributed by atoms with E-state index in [0.717, 1.165) is 30.2 Å². The van der Waals surface area contributed by atoms with Crippen LogP contribution >= 0.6 is 15.9 Å². The maximum absolute atomic E-state index is 11.1. The minimum absolute atomic E-state index is 0.0409. The molecule has 3 heteroatoms. The number of hydrogen-bond acceptors (Lipinski definition) is 1. The predicted molar refractivity (Wildman–Crippen MR) is 85.1 cm³/mol. The molecule has 1 aliphatic carbocycles. The molecule has 0 atom stereocenters. The highest BCUT2D eigenvalue weighted by molar-refractivity contribution is 9.10. The van der Waals surface area contributed by atoms with Crippen molar-refractivity contribution in [3.8, 4) is 0 Å². The molecule has 1 aliphatic rings. The Morgan fingerprint density at radius 2 is 1.90 bits per heavy atom. The zero-order valence-corrected chi connectivity index (χ0v) is 13.9. The Morgan fingerprint density at radius 1 is 1.25 bits per heavy atom. The second-order valence-electron chi connectivity index (χ2n) is 6.31. The van der Waals surface area contributed by atoms with Crippen molar-refractivity contribution in [1.29, 1.82) is 0 Å². The molecule has 0 saturated heterocycles. The first-order valence-corrected chi connectivity index (χ1v) is 8.19. The summed E-state index contributed by atoms with van der Waals surface area (Å²) in [6.45, 7) is 4.24. The van der Waals surface area contributed by atoms with Gasteiger partial charge < -0.3 is 5.11 Å². The van der Waals surface area contributed by atoms with Crippen LogP contribution in [0.4, 0.5) is 0 Å². The van der Waals surface area contributed by atoms with Gasteiger partial charge in [-0.3, -0.25) is 4.79 Å². The van der Waals surface area contributed by atoms with Crippen LogP contribution in [0, 0.1) is 19.3 Å². The van der Waals surface area contributed by atoms with Gasteiger partial charge in [0.05, 0.1) is 6.42 Å². The van der Waals surface area contributed by atoms with E-state index in [9.17, 15) is 4.79 Å². The molecule has 110 valence electrons. The normalized spacial score (nSPS) is 17.4. The van der Waals surface area contributed by atoms with Crippen molar-refractivity contribution in [2.45, 2.75) is 58.8 Å². The summed E-state index contributed by atoms with van der Waals surface area (Å²) in [6, 6.07) is 4.41. The van der Waals surface area contributed by atoms with Gasteiger partial charge >= 0.3 is 5.97 Å². The van der Waals surface area contributed by atoms with Gasteiger partial charge in [-0.2, -0.15) is 0 Å². The zero-order chi connectivity index (χ0) is 14.8. The van der Waals surface area contributed by atoms with Gasteiger partial charge in [0.2, 0.25) is 0 Å². The SMILES string of the molecule is Cc1cc(CCC2(CC(=O)O)CCCC2)c(C)cc1Br. The number of aryl methyl sites for hydroxylation is 3. The van der Waals surface area contributed by atoms with Crippen molar-refractivity contribution >= 4 is 21.9 Å². The molecule has 0 bridgehead atoms. The summed E-state index contributed by atoms with van der Waals surface area (Å²) >= 11 is 3.56. The van der Waals surface area contributed by atoms with Crippen LogP contribution in [0.5, 0.6) is 0 Å². The third-order valence-corrected chi connectivity index (χ3v) is 5.59. The maximum atomic E-state index is 11.1. The van der Waals surface area contributed by atoms with Gasteiger partial charge in [-0.15, -0.1) is 0 Å². The fraction of sp³-hybridized carbons (Fsp3) is 0.588. The summed E-state index contributed by atoms with van der Waals surface area (Å²) in [7, 11) is 0. The minimum Gasteiger partial charge on any atom is -0.481 e. The van der Waals surface area contributed by atoms with Gasteiger partial charge in [0, 0.05) is 4.47 Å². The van der Waals surface area contributed by atoms with Crippen LogP contribution in [0.1, 0.15) is 55.2 Å². The number of aliphatic carboxylic acids is 1. The van der Waals surface area contributed by atoms with Crippen molar-refractivity contribution in [3.63, 3.8) is 0 Å². The third kappa shape index (κ3) is 3.63. The van der Waals surface area contributed by atoms with Crippen LogP contribution in [0.2, 0.25) is 0 Å². The lowest BCUT2D eigenvalue weighted by molar-refractivity contribution is -0.139. The maximum Gasteiger partial charge on any atom is 0.303 e. The molecule has 0 aromatic heterocycles.